The van der Waals surface area contributed by atoms with E-state index in [2.05, 4.69) is 10.3 Å². The fourth-order valence-electron chi connectivity index (χ4n) is 1.48. The molecule has 0 radical (unpaired) electrons. The van der Waals surface area contributed by atoms with Crippen LogP contribution in [0.5, 0.6) is 0 Å². The number of hydrogen-bond acceptors (Lipinski definition) is 2. The van der Waals surface area contributed by atoms with Crippen molar-refractivity contribution in [3.05, 3.63) is 53.5 Å². The Hall–Kier alpha value is -1.90. The maximum absolute atomic E-state index is 13.5. The molecular weight excluding hydrogens is 203 g/mol. The van der Waals surface area contributed by atoms with E-state index in [1.54, 1.807) is 18.3 Å². The van der Waals surface area contributed by atoms with Gasteiger partial charge in [0.25, 0.3) is 0 Å². The lowest BCUT2D eigenvalue weighted by atomic mass is 10.2. The van der Waals surface area contributed by atoms with Gasteiger partial charge in [0.1, 0.15) is 11.6 Å². The van der Waals surface area contributed by atoms with Crippen molar-refractivity contribution in [1.29, 1.82) is 0 Å². The second-order valence-corrected chi connectivity index (χ2v) is 3.83. The zero-order valence-electron chi connectivity index (χ0n) is 9.29. The van der Waals surface area contributed by atoms with Crippen molar-refractivity contribution in [3.63, 3.8) is 0 Å². The zero-order chi connectivity index (χ0) is 11.5. The third-order valence-electron chi connectivity index (χ3n) is 2.30. The molecule has 0 unspecified atom stereocenters. The average Bonchev–Trinajstić information content (AvgIpc) is 2.24. The van der Waals surface area contributed by atoms with Gasteiger partial charge in [-0.3, -0.25) is 0 Å². The Morgan fingerprint density at radius 2 is 1.81 bits per heavy atom. The third kappa shape index (κ3) is 2.37. The van der Waals surface area contributed by atoms with E-state index in [-0.39, 0.29) is 5.82 Å². The lowest BCUT2D eigenvalue weighted by Crippen LogP contribution is -1.96. The fourth-order valence-corrected chi connectivity index (χ4v) is 1.48. The van der Waals surface area contributed by atoms with Gasteiger partial charge < -0.3 is 5.32 Å². The van der Waals surface area contributed by atoms with Gasteiger partial charge in [-0.25, -0.2) is 9.37 Å². The van der Waals surface area contributed by atoms with Crippen LogP contribution < -0.4 is 5.32 Å². The van der Waals surface area contributed by atoms with Gasteiger partial charge in [0.05, 0.1) is 5.69 Å². The first-order chi connectivity index (χ1) is 7.65. The smallest absolute Gasteiger partial charge is 0.146 e. The molecule has 0 saturated carbocycles. The van der Waals surface area contributed by atoms with Gasteiger partial charge >= 0.3 is 0 Å². The third-order valence-corrected chi connectivity index (χ3v) is 2.30. The van der Waals surface area contributed by atoms with E-state index in [1.165, 1.54) is 6.07 Å². The van der Waals surface area contributed by atoms with Gasteiger partial charge in [-0.1, -0.05) is 6.07 Å². The molecule has 0 aliphatic carbocycles. The lowest BCUT2D eigenvalue weighted by molar-refractivity contribution is 0.631. The second kappa shape index (κ2) is 4.31. The topological polar surface area (TPSA) is 24.9 Å². The number of nitrogens with one attached hydrogen (secondary N) is 1. The molecule has 1 heterocycles. The number of benzene rings is 1. The molecule has 2 nitrogen and oxygen atoms in total. The summed E-state index contributed by atoms with van der Waals surface area (Å²) in [6, 6.07) is 8.73. The predicted octanol–water partition coefficient (Wildman–Crippen LogP) is 3.58. The molecular formula is C13H13FN2. The molecule has 0 fully saturated rings. The predicted molar refractivity (Wildman–Crippen MR) is 63.4 cm³/mol. The molecule has 82 valence electrons. The standard InChI is InChI=1S/C13H13FN2/c1-9-3-4-11(14)12(7-9)16-13-8-10(2)5-6-15-13/h3-8H,1-2H3,(H,15,16). The van der Waals surface area contributed by atoms with Crippen LogP contribution in [-0.4, -0.2) is 4.98 Å². The molecule has 1 aromatic heterocycles. The lowest BCUT2D eigenvalue weighted by Gasteiger charge is -2.07. The van der Waals surface area contributed by atoms with Crippen molar-refractivity contribution in [2.24, 2.45) is 0 Å². The molecule has 0 aliphatic heterocycles. The minimum absolute atomic E-state index is 0.270. The molecule has 0 atom stereocenters. The Bertz CT molecular complexity index is 509. The average molecular weight is 216 g/mol. The van der Waals surface area contributed by atoms with E-state index >= 15 is 0 Å². The first-order valence-corrected chi connectivity index (χ1v) is 5.11. The molecule has 0 amide bonds. The Kier molecular flexibility index (Phi) is 2.86. The van der Waals surface area contributed by atoms with E-state index in [0.717, 1.165) is 11.1 Å². The molecule has 1 aromatic carbocycles. The molecule has 2 aromatic rings. The molecule has 0 saturated heterocycles. The molecule has 0 spiro atoms. The fraction of sp³-hybridized carbons (Fsp3) is 0.154. The number of nitrogens with zero attached hydrogens (tertiary/aromatic N) is 1. The minimum Gasteiger partial charge on any atom is -0.338 e. The van der Waals surface area contributed by atoms with Crippen molar-refractivity contribution in [2.45, 2.75) is 13.8 Å². The largest absolute Gasteiger partial charge is 0.338 e. The van der Waals surface area contributed by atoms with Crippen LogP contribution in [0.3, 0.4) is 0 Å². The molecule has 3 heteroatoms. The Labute approximate surface area is 94.2 Å². The van der Waals surface area contributed by atoms with Gasteiger partial charge in [-0.2, -0.15) is 0 Å². The van der Waals surface area contributed by atoms with E-state index in [4.69, 9.17) is 0 Å². The van der Waals surface area contributed by atoms with Crippen LogP contribution in [0.4, 0.5) is 15.9 Å². The summed E-state index contributed by atoms with van der Waals surface area (Å²) in [5.41, 5.74) is 2.56. The number of anilines is 2. The minimum atomic E-state index is -0.270. The number of aromatic nitrogens is 1. The number of halogens is 1. The first kappa shape index (κ1) is 10.6. The van der Waals surface area contributed by atoms with Crippen molar-refractivity contribution < 1.29 is 4.39 Å². The normalized spacial score (nSPS) is 10.2. The maximum Gasteiger partial charge on any atom is 0.146 e. The number of pyridine rings is 1. The van der Waals surface area contributed by atoms with Crippen LogP contribution >= 0.6 is 0 Å². The molecule has 0 aliphatic rings. The Balaban J connectivity index is 2.30. The highest BCUT2D eigenvalue weighted by Gasteiger charge is 2.03. The first-order valence-electron chi connectivity index (χ1n) is 5.11. The highest BCUT2D eigenvalue weighted by molar-refractivity contribution is 5.58. The highest BCUT2D eigenvalue weighted by Crippen LogP contribution is 2.20. The highest BCUT2D eigenvalue weighted by atomic mass is 19.1. The van der Waals surface area contributed by atoms with Crippen LogP contribution in [0.2, 0.25) is 0 Å². The molecule has 16 heavy (non-hydrogen) atoms. The zero-order valence-corrected chi connectivity index (χ0v) is 9.29. The van der Waals surface area contributed by atoms with Gasteiger partial charge in [-0.05, 0) is 49.2 Å². The van der Waals surface area contributed by atoms with E-state index in [1.807, 2.05) is 26.0 Å². The monoisotopic (exact) mass is 216 g/mol. The van der Waals surface area contributed by atoms with Gasteiger partial charge in [0.15, 0.2) is 0 Å². The summed E-state index contributed by atoms with van der Waals surface area (Å²) < 4.78 is 13.5. The van der Waals surface area contributed by atoms with Crippen LogP contribution in [0.15, 0.2) is 36.5 Å². The summed E-state index contributed by atoms with van der Waals surface area (Å²) in [5.74, 6) is 0.387. The van der Waals surface area contributed by atoms with E-state index in [0.29, 0.717) is 11.5 Å². The van der Waals surface area contributed by atoms with Crippen LogP contribution in [0.1, 0.15) is 11.1 Å². The second-order valence-electron chi connectivity index (χ2n) is 3.83. The van der Waals surface area contributed by atoms with Crippen LogP contribution in [0.25, 0.3) is 0 Å². The summed E-state index contributed by atoms with van der Waals surface area (Å²) in [4.78, 5) is 4.13. The van der Waals surface area contributed by atoms with Gasteiger partial charge in [0.2, 0.25) is 0 Å². The van der Waals surface area contributed by atoms with Gasteiger partial charge in [0, 0.05) is 6.20 Å². The van der Waals surface area contributed by atoms with E-state index < -0.39 is 0 Å². The van der Waals surface area contributed by atoms with E-state index in [9.17, 15) is 4.39 Å². The van der Waals surface area contributed by atoms with Crippen molar-refractivity contribution in [2.75, 3.05) is 5.32 Å². The summed E-state index contributed by atoms with van der Waals surface area (Å²) in [6.45, 7) is 3.90. The quantitative estimate of drug-likeness (QED) is 0.829. The Morgan fingerprint density at radius 1 is 1.06 bits per heavy atom. The van der Waals surface area contributed by atoms with Crippen molar-refractivity contribution >= 4 is 11.5 Å². The van der Waals surface area contributed by atoms with Crippen molar-refractivity contribution in [1.82, 2.24) is 4.98 Å². The van der Waals surface area contributed by atoms with Crippen LogP contribution in [-0.2, 0) is 0 Å². The SMILES string of the molecule is Cc1ccnc(Nc2cc(C)ccc2F)c1. The number of aryl methyl sites for hydroxylation is 2. The summed E-state index contributed by atoms with van der Waals surface area (Å²) in [5, 5.41) is 2.97. The molecule has 0 bridgehead atoms. The summed E-state index contributed by atoms with van der Waals surface area (Å²) in [7, 11) is 0. The summed E-state index contributed by atoms with van der Waals surface area (Å²) >= 11 is 0. The van der Waals surface area contributed by atoms with Gasteiger partial charge in [-0.15, -0.1) is 0 Å². The van der Waals surface area contributed by atoms with Crippen LogP contribution in [0, 0.1) is 19.7 Å². The molecule has 1 N–H and O–H groups in total. The number of rotatable bonds is 2. The molecule has 2 rings (SSSR count). The maximum atomic E-state index is 13.5. The Morgan fingerprint density at radius 3 is 2.56 bits per heavy atom. The van der Waals surface area contributed by atoms with Crippen molar-refractivity contribution in [3.8, 4) is 0 Å². The summed E-state index contributed by atoms with van der Waals surface area (Å²) in [6.07, 6.45) is 1.70. The number of hydrogen-bond donors (Lipinski definition) is 1.